The van der Waals surface area contributed by atoms with E-state index in [1.807, 2.05) is 0 Å². The minimum atomic E-state index is -4.30. The molecule has 2 aromatic rings. The zero-order valence-corrected chi connectivity index (χ0v) is 17.3. The fourth-order valence-electron chi connectivity index (χ4n) is 25.6. The van der Waals surface area contributed by atoms with Crippen molar-refractivity contribution in [2.24, 2.45) is 0 Å². The number of hydrogen-bond donors (Lipinski definition) is 0. The Hall–Kier alpha value is -1.09. The summed E-state index contributed by atoms with van der Waals surface area (Å²) in [6.45, 7) is 0. The molecule has 0 aromatic heterocycles. The third-order valence-electron chi connectivity index (χ3n) is 22.2. The van der Waals surface area contributed by atoms with E-state index >= 15 is 0 Å². The van der Waals surface area contributed by atoms with Crippen molar-refractivity contribution >= 4 is 0 Å². The van der Waals surface area contributed by atoms with Crippen LogP contribution in [0.2, 0.25) is 29.4 Å². The second-order valence-corrected chi connectivity index (χ2v) is 90.7. The molecule has 1 spiro atoms. The molecule has 2 aromatic carbocycles. The molecule has 10 aliphatic heterocycles. The Bertz CT molecular complexity index is 1370. The van der Waals surface area contributed by atoms with Gasteiger partial charge in [-0.05, 0) is 0 Å². The van der Waals surface area contributed by atoms with E-state index in [1.54, 1.807) is 0 Å². The van der Waals surface area contributed by atoms with Gasteiger partial charge in [-0.3, -0.25) is 0 Å². The van der Waals surface area contributed by atoms with Gasteiger partial charge in [0, 0.05) is 0 Å². The van der Waals surface area contributed by atoms with E-state index in [0.29, 0.717) is 0 Å². The van der Waals surface area contributed by atoms with Crippen molar-refractivity contribution in [2.75, 3.05) is 0 Å². The summed E-state index contributed by atoms with van der Waals surface area (Å²) < 4.78 is 24.2. The molecule has 0 radical (unpaired) electrons. The summed E-state index contributed by atoms with van der Waals surface area (Å²) >= 11 is -4.30. The molecule has 3 heteroatoms. The van der Waals surface area contributed by atoms with Crippen LogP contribution in [0.1, 0.15) is 0 Å². The summed E-state index contributed by atoms with van der Waals surface area (Å²) in [5, 5.41) is 0. The molecule has 4 atom stereocenters. The number of ether oxygens (including phenoxy) is 2. The molecule has 4 unspecified atom stereocenters. The molecule has 0 bridgehead atoms. The Morgan fingerprint density at radius 3 is 1.28 bits per heavy atom. The van der Waals surface area contributed by atoms with Crippen LogP contribution in [0.25, 0.3) is 0 Å². The van der Waals surface area contributed by atoms with E-state index in [0.717, 1.165) is 18.8 Å². The zero-order chi connectivity index (χ0) is 15.6. The number of hydrogen-bond acceptors (Lipinski definition) is 2. The van der Waals surface area contributed by atoms with Gasteiger partial charge in [0.25, 0.3) is 0 Å². The van der Waals surface area contributed by atoms with E-state index in [9.17, 15) is 0 Å². The van der Waals surface area contributed by atoms with Gasteiger partial charge in [-0.15, -0.1) is 0 Å². The van der Waals surface area contributed by atoms with Crippen LogP contribution in [0, 0.1) is 0 Å². The number of rotatable bonds is 4. The van der Waals surface area contributed by atoms with Crippen molar-refractivity contribution in [3.8, 4) is 11.5 Å². The first-order chi connectivity index (χ1) is 12.1. The Morgan fingerprint density at radius 1 is 0.560 bits per heavy atom. The SMILES string of the molecule is c1ccc(O[C]23[CH]4[CH]5[CH]6[C]2(Oc2ccccc2)[Hf]54632789[CH]3[CH]2[CH]7[CH]8[CH]39)cc1. The van der Waals surface area contributed by atoms with Crippen LogP contribution < -0.4 is 9.47 Å². The summed E-state index contributed by atoms with van der Waals surface area (Å²) in [5.74, 6) is 2.25. The molecule has 12 rings (SSSR count). The maximum absolute atomic E-state index is 7.15. The fourth-order valence-corrected chi connectivity index (χ4v) is 403. The second kappa shape index (κ2) is 1.15. The van der Waals surface area contributed by atoms with Crippen molar-refractivity contribution < 1.29 is 20.6 Å². The van der Waals surface area contributed by atoms with Crippen molar-refractivity contribution in [3.63, 3.8) is 0 Å². The van der Waals surface area contributed by atoms with Gasteiger partial charge in [0.15, 0.2) is 0 Å². The van der Waals surface area contributed by atoms with Crippen LogP contribution in [-0.4, -0.2) is 6.72 Å². The van der Waals surface area contributed by atoms with Gasteiger partial charge in [-0.2, -0.15) is 0 Å². The predicted molar refractivity (Wildman–Crippen MR) is 89.6 cm³/mol. The average molecular weight is 493 g/mol. The Morgan fingerprint density at radius 2 is 0.960 bits per heavy atom. The first-order valence-electron chi connectivity index (χ1n) is 10.6. The van der Waals surface area contributed by atoms with Gasteiger partial charge >= 0.3 is 129 Å². The fraction of sp³-hybridized carbons (Fsp3) is 0.455. The van der Waals surface area contributed by atoms with Crippen molar-refractivity contribution in [1.29, 1.82) is 0 Å². The molecule has 2 nitrogen and oxygen atoms in total. The third kappa shape index (κ3) is 0.158. The quantitative estimate of drug-likeness (QED) is 0.536. The minimum absolute atomic E-state index is 0.264. The molecule has 10 aliphatic rings. The van der Waals surface area contributed by atoms with E-state index in [1.165, 1.54) is 22.0 Å². The molecular formula is C22H18HfO2. The van der Waals surface area contributed by atoms with Gasteiger partial charge < -0.3 is 0 Å². The Kier molecular flexibility index (Phi) is 0.473. The zero-order valence-electron chi connectivity index (χ0n) is 13.7. The molecule has 0 N–H and O–H groups in total. The van der Waals surface area contributed by atoms with Crippen LogP contribution in [0.15, 0.2) is 60.7 Å². The normalized spacial score (nSPS) is 87.2. The summed E-state index contributed by atoms with van der Waals surface area (Å²) in [6, 6.07) is 21.5. The Balaban J connectivity index is 1.24. The van der Waals surface area contributed by atoms with Crippen LogP contribution >= 0.6 is 0 Å². The van der Waals surface area contributed by atoms with Gasteiger partial charge in [0.2, 0.25) is 0 Å². The average Bonchev–Trinajstić information content (AvgIpc) is 3.60. The summed E-state index contributed by atoms with van der Waals surface area (Å²) in [5.41, 5.74) is 0. The molecule has 122 valence electrons. The summed E-state index contributed by atoms with van der Waals surface area (Å²) in [4.78, 5) is 0. The molecule has 0 saturated carbocycles. The number of fused-ring (bicyclic) bond motifs is 10. The van der Waals surface area contributed by atoms with Crippen LogP contribution in [0.4, 0.5) is 0 Å². The summed E-state index contributed by atoms with van der Waals surface area (Å²) in [7, 11) is 0. The molecule has 0 amide bonds. The number of para-hydroxylation sites is 2. The maximum atomic E-state index is 7.15. The van der Waals surface area contributed by atoms with E-state index in [4.69, 9.17) is 9.47 Å². The van der Waals surface area contributed by atoms with E-state index < -0.39 is 11.2 Å². The Labute approximate surface area is 128 Å². The standard InChI is InChI=1S/C17H13O2.C5H5.Hf/c1-3-8-14(9-4-1)18-16-12-7-13-17(16)19-15-10-5-2-6-11-15;1-2-4-5-3-1;/h1-13H;1-5H;. The molecular weight excluding hydrogens is 475 g/mol. The van der Waals surface area contributed by atoms with Crippen LogP contribution in [-0.2, 0) is 11.2 Å². The van der Waals surface area contributed by atoms with Gasteiger partial charge in [0.1, 0.15) is 0 Å². The molecule has 25 heavy (non-hydrogen) atoms. The third-order valence-corrected chi connectivity index (χ3v) is 158. The first kappa shape index (κ1) is 10.3. The van der Waals surface area contributed by atoms with Gasteiger partial charge in [-0.25, -0.2) is 0 Å². The second-order valence-electron chi connectivity index (χ2n) is 15.5. The van der Waals surface area contributed by atoms with E-state index in [-0.39, 0.29) is 6.72 Å². The van der Waals surface area contributed by atoms with Crippen molar-refractivity contribution in [2.45, 2.75) is 36.1 Å². The summed E-state index contributed by atoms with van der Waals surface area (Å²) in [6.07, 6.45) is 0. The van der Waals surface area contributed by atoms with E-state index in [2.05, 4.69) is 60.7 Å². The molecule has 10 heterocycles. The first-order valence-corrected chi connectivity index (χ1v) is 30.8. The number of benzene rings is 2. The monoisotopic (exact) mass is 494 g/mol. The van der Waals surface area contributed by atoms with Gasteiger partial charge in [-0.1, -0.05) is 0 Å². The molecule has 10 saturated heterocycles. The predicted octanol–water partition coefficient (Wildman–Crippen LogP) is 5.35. The van der Waals surface area contributed by atoms with Crippen LogP contribution in [0.3, 0.4) is 0 Å². The van der Waals surface area contributed by atoms with Crippen LogP contribution in [0.5, 0.6) is 11.5 Å². The molecule has 0 aliphatic carbocycles. The van der Waals surface area contributed by atoms with Crippen molar-refractivity contribution in [1.82, 2.24) is 0 Å². The van der Waals surface area contributed by atoms with Gasteiger partial charge in [0.05, 0.1) is 0 Å². The topological polar surface area (TPSA) is 18.5 Å². The van der Waals surface area contributed by atoms with Crippen molar-refractivity contribution in [3.05, 3.63) is 60.7 Å². The molecule has 10 fully saturated rings.